The van der Waals surface area contributed by atoms with E-state index in [9.17, 15) is 9.18 Å². The van der Waals surface area contributed by atoms with Crippen LogP contribution in [0.5, 0.6) is 0 Å². The molecule has 0 saturated heterocycles. The highest BCUT2D eigenvalue weighted by Gasteiger charge is 2.05. The van der Waals surface area contributed by atoms with Gasteiger partial charge < -0.3 is 16.4 Å². The molecule has 0 unspecified atom stereocenters. The highest BCUT2D eigenvalue weighted by atomic mass is 19.1. The Kier molecular flexibility index (Phi) is 3.66. The molecule has 2 aromatic carbocycles. The van der Waals surface area contributed by atoms with Crippen molar-refractivity contribution >= 4 is 23.0 Å². The highest BCUT2D eigenvalue weighted by Crippen LogP contribution is 2.24. The first-order valence-electron chi connectivity index (χ1n) is 5.74. The first-order valence-corrected chi connectivity index (χ1v) is 5.74. The summed E-state index contributed by atoms with van der Waals surface area (Å²) in [4.78, 5) is 11.5. The molecule has 0 aliphatic rings. The lowest BCUT2D eigenvalue weighted by molar-refractivity contribution is 0.0963. The standard InChI is InChI=1S/C14H14FN3O/c1-17-14(19)9-3-2-4-11(7-9)18-13-8-10(15)5-6-12(13)16/h2-8,18H,16H2,1H3,(H,17,19). The molecule has 4 nitrogen and oxygen atoms in total. The Hall–Kier alpha value is -2.56. The molecule has 0 spiro atoms. The third-order valence-electron chi connectivity index (χ3n) is 2.65. The lowest BCUT2D eigenvalue weighted by atomic mass is 10.1. The molecule has 0 heterocycles. The quantitative estimate of drug-likeness (QED) is 0.742. The molecular weight excluding hydrogens is 245 g/mol. The van der Waals surface area contributed by atoms with Crippen LogP contribution in [0, 0.1) is 5.82 Å². The normalized spacial score (nSPS) is 10.0. The number of rotatable bonds is 3. The molecule has 0 aliphatic heterocycles. The summed E-state index contributed by atoms with van der Waals surface area (Å²) in [5, 5.41) is 5.53. The molecule has 0 bridgehead atoms. The van der Waals surface area contributed by atoms with Crippen LogP contribution in [0.4, 0.5) is 21.5 Å². The summed E-state index contributed by atoms with van der Waals surface area (Å²) in [5.41, 5.74) is 7.84. The van der Waals surface area contributed by atoms with Crippen LogP contribution in [0.3, 0.4) is 0 Å². The zero-order valence-corrected chi connectivity index (χ0v) is 10.4. The molecule has 98 valence electrons. The van der Waals surface area contributed by atoms with E-state index in [1.807, 2.05) is 0 Å². The summed E-state index contributed by atoms with van der Waals surface area (Å²) in [6.07, 6.45) is 0. The molecule has 0 aliphatic carbocycles. The summed E-state index contributed by atoms with van der Waals surface area (Å²) in [5.74, 6) is -0.560. The zero-order valence-electron chi connectivity index (χ0n) is 10.4. The number of amides is 1. The van der Waals surface area contributed by atoms with Gasteiger partial charge >= 0.3 is 0 Å². The highest BCUT2D eigenvalue weighted by molar-refractivity contribution is 5.95. The van der Waals surface area contributed by atoms with Crippen molar-refractivity contribution in [2.24, 2.45) is 0 Å². The van der Waals surface area contributed by atoms with Crippen LogP contribution in [-0.2, 0) is 0 Å². The van der Waals surface area contributed by atoms with E-state index in [0.717, 1.165) is 0 Å². The second-order valence-corrected chi connectivity index (χ2v) is 4.02. The molecule has 0 saturated carbocycles. The molecule has 0 aromatic heterocycles. The number of benzene rings is 2. The Morgan fingerprint density at radius 2 is 2.00 bits per heavy atom. The molecule has 4 N–H and O–H groups in total. The maximum Gasteiger partial charge on any atom is 0.251 e. The average Bonchev–Trinajstić information content (AvgIpc) is 2.42. The minimum atomic E-state index is -0.376. The minimum Gasteiger partial charge on any atom is -0.397 e. The van der Waals surface area contributed by atoms with Crippen molar-refractivity contribution in [1.29, 1.82) is 0 Å². The second kappa shape index (κ2) is 5.39. The van der Waals surface area contributed by atoms with Gasteiger partial charge in [0.2, 0.25) is 0 Å². The number of hydrogen-bond donors (Lipinski definition) is 3. The summed E-state index contributed by atoms with van der Waals surface area (Å²) in [6, 6.07) is 11.0. The van der Waals surface area contributed by atoms with E-state index in [4.69, 9.17) is 5.73 Å². The molecule has 2 aromatic rings. The molecule has 2 rings (SSSR count). The Morgan fingerprint density at radius 3 is 2.74 bits per heavy atom. The second-order valence-electron chi connectivity index (χ2n) is 4.02. The van der Waals surface area contributed by atoms with Gasteiger partial charge in [-0.2, -0.15) is 0 Å². The smallest absolute Gasteiger partial charge is 0.251 e. The van der Waals surface area contributed by atoms with Crippen LogP contribution in [0.2, 0.25) is 0 Å². The minimum absolute atomic E-state index is 0.184. The van der Waals surface area contributed by atoms with Crippen molar-refractivity contribution in [2.45, 2.75) is 0 Å². The average molecular weight is 259 g/mol. The van der Waals surface area contributed by atoms with Gasteiger partial charge in [-0.25, -0.2) is 4.39 Å². The largest absolute Gasteiger partial charge is 0.397 e. The zero-order chi connectivity index (χ0) is 13.8. The number of anilines is 3. The van der Waals surface area contributed by atoms with Gasteiger partial charge in [0.25, 0.3) is 5.91 Å². The summed E-state index contributed by atoms with van der Waals surface area (Å²) >= 11 is 0. The van der Waals surface area contributed by atoms with E-state index in [1.54, 1.807) is 31.3 Å². The van der Waals surface area contributed by atoms with Crippen LogP contribution < -0.4 is 16.4 Å². The Morgan fingerprint density at radius 1 is 1.21 bits per heavy atom. The topological polar surface area (TPSA) is 67.2 Å². The predicted octanol–water partition coefficient (Wildman–Crippen LogP) is 2.51. The predicted molar refractivity (Wildman–Crippen MR) is 73.9 cm³/mol. The Balaban J connectivity index is 2.28. The monoisotopic (exact) mass is 259 g/mol. The SMILES string of the molecule is CNC(=O)c1cccc(Nc2cc(F)ccc2N)c1. The van der Waals surface area contributed by atoms with Crippen LogP contribution >= 0.6 is 0 Å². The van der Waals surface area contributed by atoms with E-state index >= 15 is 0 Å². The molecular formula is C14H14FN3O. The lowest BCUT2D eigenvalue weighted by Gasteiger charge is -2.10. The summed E-state index contributed by atoms with van der Waals surface area (Å²) in [7, 11) is 1.56. The first kappa shape index (κ1) is 12.9. The van der Waals surface area contributed by atoms with Crippen molar-refractivity contribution in [3.8, 4) is 0 Å². The van der Waals surface area contributed by atoms with Crippen molar-refractivity contribution < 1.29 is 9.18 Å². The third kappa shape index (κ3) is 3.01. The molecule has 0 fully saturated rings. The summed E-state index contributed by atoms with van der Waals surface area (Å²) in [6.45, 7) is 0. The van der Waals surface area contributed by atoms with Crippen LogP contribution in [0.15, 0.2) is 42.5 Å². The number of nitrogen functional groups attached to an aromatic ring is 1. The van der Waals surface area contributed by atoms with Gasteiger partial charge in [-0.3, -0.25) is 4.79 Å². The van der Waals surface area contributed by atoms with Crippen molar-refractivity contribution in [3.05, 3.63) is 53.8 Å². The number of halogens is 1. The van der Waals surface area contributed by atoms with E-state index in [0.29, 0.717) is 22.6 Å². The fourth-order valence-electron chi connectivity index (χ4n) is 1.67. The maximum absolute atomic E-state index is 13.2. The van der Waals surface area contributed by atoms with Gasteiger partial charge in [0.05, 0.1) is 11.4 Å². The van der Waals surface area contributed by atoms with Gasteiger partial charge in [-0.1, -0.05) is 6.07 Å². The van der Waals surface area contributed by atoms with Gasteiger partial charge in [-0.05, 0) is 36.4 Å². The van der Waals surface area contributed by atoms with Crippen LogP contribution in [0.1, 0.15) is 10.4 Å². The maximum atomic E-state index is 13.2. The van der Waals surface area contributed by atoms with Gasteiger partial charge in [0.1, 0.15) is 5.82 Å². The molecule has 5 heteroatoms. The van der Waals surface area contributed by atoms with Gasteiger partial charge in [0, 0.05) is 18.3 Å². The molecule has 1 amide bonds. The fraction of sp³-hybridized carbons (Fsp3) is 0.0714. The van der Waals surface area contributed by atoms with E-state index in [-0.39, 0.29) is 11.7 Å². The first-order chi connectivity index (χ1) is 9.10. The Bertz CT molecular complexity index is 613. The van der Waals surface area contributed by atoms with Crippen LogP contribution in [-0.4, -0.2) is 13.0 Å². The number of hydrogen-bond acceptors (Lipinski definition) is 3. The number of carbonyl (C=O) groups is 1. The Labute approximate surface area is 110 Å². The summed E-state index contributed by atoms with van der Waals surface area (Å²) < 4.78 is 13.2. The van der Waals surface area contributed by atoms with Crippen LogP contribution in [0.25, 0.3) is 0 Å². The van der Waals surface area contributed by atoms with E-state index in [1.165, 1.54) is 18.2 Å². The van der Waals surface area contributed by atoms with E-state index < -0.39 is 0 Å². The molecule has 19 heavy (non-hydrogen) atoms. The van der Waals surface area contributed by atoms with Gasteiger partial charge in [-0.15, -0.1) is 0 Å². The van der Waals surface area contributed by atoms with Crippen molar-refractivity contribution in [1.82, 2.24) is 5.32 Å². The molecule has 0 radical (unpaired) electrons. The number of carbonyl (C=O) groups excluding carboxylic acids is 1. The van der Waals surface area contributed by atoms with Gasteiger partial charge in [0.15, 0.2) is 0 Å². The van der Waals surface area contributed by atoms with Crippen molar-refractivity contribution in [3.63, 3.8) is 0 Å². The number of nitrogens with two attached hydrogens (primary N) is 1. The number of nitrogens with one attached hydrogen (secondary N) is 2. The third-order valence-corrected chi connectivity index (χ3v) is 2.65. The lowest BCUT2D eigenvalue weighted by Crippen LogP contribution is -2.17. The molecule has 0 atom stereocenters. The fourth-order valence-corrected chi connectivity index (χ4v) is 1.67. The van der Waals surface area contributed by atoms with E-state index in [2.05, 4.69) is 10.6 Å². The van der Waals surface area contributed by atoms with Crippen molar-refractivity contribution in [2.75, 3.05) is 18.1 Å².